The largest absolute Gasteiger partial charge is 0.373 e. The molecule has 4 heteroatoms. The highest BCUT2D eigenvalue weighted by molar-refractivity contribution is 5.90. The Bertz CT molecular complexity index is 828. The van der Waals surface area contributed by atoms with Gasteiger partial charge in [-0.3, -0.25) is 0 Å². The van der Waals surface area contributed by atoms with E-state index in [4.69, 9.17) is 0 Å². The molecule has 0 radical (unpaired) electrons. The molecule has 0 aliphatic heterocycles. The lowest BCUT2D eigenvalue weighted by Gasteiger charge is -2.11. The molecule has 1 N–H and O–H groups in total. The first-order valence-electron chi connectivity index (χ1n) is 6.82. The third-order valence-corrected chi connectivity index (χ3v) is 3.74. The highest BCUT2D eigenvalue weighted by atomic mass is 19.1. The number of hydrogen-bond acceptors (Lipinski definition) is 3. The molecule has 3 rings (SSSR count). The number of rotatable bonds is 2. The van der Waals surface area contributed by atoms with Gasteiger partial charge in [0.1, 0.15) is 11.6 Å². The Hall–Kier alpha value is -2.49. The quantitative estimate of drug-likeness (QED) is 0.768. The van der Waals surface area contributed by atoms with Crippen LogP contribution in [0.15, 0.2) is 36.4 Å². The van der Waals surface area contributed by atoms with Crippen LogP contribution in [-0.2, 0) is 0 Å². The van der Waals surface area contributed by atoms with E-state index < -0.39 is 0 Å². The molecule has 0 aliphatic carbocycles. The van der Waals surface area contributed by atoms with E-state index >= 15 is 0 Å². The number of fused-ring (bicyclic) bond motifs is 1. The fourth-order valence-corrected chi connectivity index (χ4v) is 2.41. The van der Waals surface area contributed by atoms with Crippen LogP contribution in [-0.4, -0.2) is 17.0 Å². The highest BCUT2D eigenvalue weighted by Crippen LogP contribution is 2.28. The van der Waals surface area contributed by atoms with Crippen molar-refractivity contribution < 1.29 is 4.39 Å². The van der Waals surface area contributed by atoms with E-state index in [9.17, 15) is 4.39 Å². The van der Waals surface area contributed by atoms with Crippen molar-refractivity contribution in [1.82, 2.24) is 9.97 Å². The number of nitrogens with one attached hydrogen (secondary N) is 1. The van der Waals surface area contributed by atoms with Crippen LogP contribution in [0.4, 0.5) is 10.2 Å². The molecular formula is C17H16FN3. The maximum absolute atomic E-state index is 13.5. The molecule has 1 heterocycles. The Balaban J connectivity index is 2.30. The number of benzene rings is 2. The maximum Gasteiger partial charge on any atom is 0.162 e. The summed E-state index contributed by atoms with van der Waals surface area (Å²) in [6.07, 6.45) is 0. The van der Waals surface area contributed by atoms with Gasteiger partial charge in [-0.2, -0.15) is 0 Å². The minimum absolute atomic E-state index is 0.296. The maximum atomic E-state index is 13.5. The first kappa shape index (κ1) is 13.5. The Labute approximate surface area is 122 Å². The molecule has 21 heavy (non-hydrogen) atoms. The van der Waals surface area contributed by atoms with Crippen molar-refractivity contribution in [2.75, 3.05) is 12.4 Å². The van der Waals surface area contributed by atoms with Crippen molar-refractivity contribution in [2.45, 2.75) is 13.8 Å². The molecule has 0 fully saturated rings. The zero-order valence-corrected chi connectivity index (χ0v) is 12.2. The fraction of sp³-hybridized carbons (Fsp3) is 0.176. The average molecular weight is 281 g/mol. The first-order chi connectivity index (χ1) is 10.1. The van der Waals surface area contributed by atoms with Crippen LogP contribution in [0, 0.1) is 19.7 Å². The average Bonchev–Trinajstić information content (AvgIpc) is 2.48. The van der Waals surface area contributed by atoms with Crippen molar-refractivity contribution in [2.24, 2.45) is 0 Å². The van der Waals surface area contributed by atoms with Gasteiger partial charge in [0.25, 0.3) is 0 Å². The summed E-state index contributed by atoms with van der Waals surface area (Å²) in [5.41, 5.74) is 3.89. The van der Waals surface area contributed by atoms with Crippen LogP contribution in [0.5, 0.6) is 0 Å². The lowest BCUT2D eigenvalue weighted by molar-refractivity contribution is 0.629. The van der Waals surface area contributed by atoms with E-state index in [1.54, 1.807) is 13.1 Å². The second-order valence-electron chi connectivity index (χ2n) is 5.05. The zero-order chi connectivity index (χ0) is 15.0. The molecule has 3 nitrogen and oxygen atoms in total. The van der Waals surface area contributed by atoms with Crippen molar-refractivity contribution in [3.05, 3.63) is 53.3 Å². The summed E-state index contributed by atoms with van der Waals surface area (Å²) >= 11 is 0. The van der Waals surface area contributed by atoms with E-state index in [1.807, 2.05) is 19.1 Å². The second-order valence-corrected chi connectivity index (χ2v) is 5.05. The van der Waals surface area contributed by atoms with Gasteiger partial charge in [0.15, 0.2) is 5.82 Å². The number of halogens is 1. The van der Waals surface area contributed by atoms with Gasteiger partial charge in [-0.1, -0.05) is 18.2 Å². The van der Waals surface area contributed by atoms with Crippen molar-refractivity contribution in [3.63, 3.8) is 0 Å². The van der Waals surface area contributed by atoms with E-state index in [1.165, 1.54) is 17.7 Å². The van der Waals surface area contributed by atoms with Crippen LogP contribution in [0.1, 0.15) is 11.1 Å². The summed E-state index contributed by atoms with van der Waals surface area (Å²) in [7, 11) is 1.80. The van der Waals surface area contributed by atoms with Gasteiger partial charge < -0.3 is 5.32 Å². The summed E-state index contributed by atoms with van der Waals surface area (Å²) in [6, 6.07) is 10.6. The molecule has 0 bridgehead atoms. The van der Waals surface area contributed by atoms with E-state index in [0.29, 0.717) is 17.2 Å². The van der Waals surface area contributed by atoms with Gasteiger partial charge in [-0.05, 0) is 37.1 Å². The Morgan fingerprint density at radius 1 is 1.05 bits per heavy atom. The van der Waals surface area contributed by atoms with E-state index in [0.717, 1.165) is 16.5 Å². The van der Waals surface area contributed by atoms with Crippen molar-refractivity contribution >= 4 is 16.7 Å². The standard InChI is InChI=1S/C17H16FN3/c1-10-5-4-6-13(11(10)2)17-20-15-9-12(18)7-8-14(15)16(19-3)21-17/h4-9H,1-3H3,(H,19,20,21). The predicted octanol–water partition coefficient (Wildman–Crippen LogP) is 4.09. The van der Waals surface area contributed by atoms with Crippen LogP contribution < -0.4 is 5.32 Å². The smallest absolute Gasteiger partial charge is 0.162 e. The molecule has 0 saturated carbocycles. The summed E-state index contributed by atoms with van der Waals surface area (Å²) < 4.78 is 13.5. The van der Waals surface area contributed by atoms with Crippen molar-refractivity contribution in [1.29, 1.82) is 0 Å². The van der Waals surface area contributed by atoms with Gasteiger partial charge >= 0.3 is 0 Å². The molecular weight excluding hydrogens is 265 g/mol. The van der Waals surface area contributed by atoms with Gasteiger partial charge in [0, 0.05) is 24.1 Å². The molecule has 0 saturated heterocycles. The summed E-state index contributed by atoms with van der Waals surface area (Å²) in [5, 5.41) is 3.87. The molecule has 1 aromatic heterocycles. The predicted molar refractivity (Wildman–Crippen MR) is 84.0 cm³/mol. The highest BCUT2D eigenvalue weighted by Gasteiger charge is 2.11. The van der Waals surface area contributed by atoms with Crippen LogP contribution in [0.25, 0.3) is 22.3 Å². The molecule has 0 unspecified atom stereocenters. The Morgan fingerprint density at radius 2 is 1.86 bits per heavy atom. The normalized spacial score (nSPS) is 10.9. The van der Waals surface area contributed by atoms with Crippen LogP contribution >= 0.6 is 0 Å². The van der Waals surface area contributed by atoms with Crippen LogP contribution in [0.2, 0.25) is 0 Å². The molecule has 0 atom stereocenters. The van der Waals surface area contributed by atoms with Gasteiger partial charge in [-0.25, -0.2) is 14.4 Å². The topological polar surface area (TPSA) is 37.8 Å². The third kappa shape index (κ3) is 2.33. The fourth-order valence-electron chi connectivity index (χ4n) is 2.41. The lowest BCUT2D eigenvalue weighted by atomic mass is 10.0. The molecule has 2 aromatic carbocycles. The third-order valence-electron chi connectivity index (χ3n) is 3.74. The number of aromatic nitrogens is 2. The number of hydrogen-bond donors (Lipinski definition) is 1. The SMILES string of the molecule is CNc1nc(-c2cccc(C)c2C)nc2cc(F)ccc12. The number of aryl methyl sites for hydroxylation is 1. The lowest BCUT2D eigenvalue weighted by Crippen LogP contribution is -2.00. The molecule has 0 aliphatic rings. The summed E-state index contributed by atoms with van der Waals surface area (Å²) in [6.45, 7) is 4.10. The summed E-state index contributed by atoms with van der Waals surface area (Å²) in [5.74, 6) is 1.02. The minimum atomic E-state index is -0.296. The molecule has 0 amide bonds. The van der Waals surface area contributed by atoms with Crippen LogP contribution in [0.3, 0.4) is 0 Å². The Kier molecular flexibility index (Phi) is 3.29. The second kappa shape index (κ2) is 5.13. The monoisotopic (exact) mass is 281 g/mol. The number of nitrogens with zero attached hydrogens (tertiary/aromatic N) is 2. The van der Waals surface area contributed by atoms with E-state index in [2.05, 4.69) is 28.3 Å². The van der Waals surface area contributed by atoms with Crippen molar-refractivity contribution in [3.8, 4) is 11.4 Å². The molecule has 0 spiro atoms. The summed E-state index contributed by atoms with van der Waals surface area (Å²) in [4.78, 5) is 9.10. The zero-order valence-electron chi connectivity index (χ0n) is 12.2. The Morgan fingerprint density at radius 3 is 2.62 bits per heavy atom. The van der Waals surface area contributed by atoms with Gasteiger partial charge in [-0.15, -0.1) is 0 Å². The number of anilines is 1. The minimum Gasteiger partial charge on any atom is -0.373 e. The molecule has 3 aromatic rings. The van der Waals surface area contributed by atoms with Gasteiger partial charge in [0.2, 0.25) is 0 Å². The van der Waals surface area contributed by atoms with Gasteiger partial charge in [0.05, 0.1) is 5.52 Å². The van der Waals surface area contributed by atoms with E-state index in [-0.39, 0.29) is 5.82 Å². The molecule has 106 valence electrons. The first-order valence-corrected chi connectivity index (χ1v) is 6.82.